The first-order valence-corrected chi connectivity index (χ1v) is 5.71. The molecule has 0 saturated carbocycles. The quantitative estimate of drug-likeness (QED) is 0.853. The van der Waals surface area contributed by atoms with Crippen LogP contribution in [0.5, 0.6) is 0 Å². The smallest absolute Gasteiger partial charge is 0.232 e. The normalized spacial score (nSPS) is 11.5. The molecule has 2 aromatic rings. The summed E-state index contributed by atoms with van der Waals surface area (Å²) >= 11 is 0. The molecule has 0 spiro atoms. The second kappa shape index (κ2) is 4.25. The molecule has 18 heavy (non-hydrogen) atoms. The van der Waals surface area contributed by atoms with Crippen LogP contribution in [0.15, 0.2) is 18.8 Å². The largest absolute Gasteiger partial charge is 0.346 e. The molecule has 5 nitrogen and oxygen atoms in total. The molecule has 0 aliphatic carbocycles. The summed E-state index contributed by atoms with van der Waals surface area (Å²) in [6.07, 6.45) is 3.42. The summed E-state index contributed by atoms with van der Waals surface area (Å²) in [5.74, 6) is 0.170. The van der Waals surface area contributed by atoms with Gasteiger partial charge in [-0.1, -0.05) is 27.4 Å². The highest BCUT2D eigenvalue weighted by molar-refractivity contribution is 5.94. The zero-order valence-electron chi connectivity index (χ0n) is 10.7. The molecule has 0 aliphatic rings. The van der Waals surface area contributed by atoms with Gasteiger partial charge in [-0.25, -0.2) is 4.98 Å². The minimum absolute atomic E-state index is 0.122. The fourth-order valence-electron chi connectivity index (χ4n) is 1.47. The number of anilines is 1. The third-order valence-electron chi connectivity index (χ3n) is 2.55. The van der Waals surface area contributed by atoms with E-state index in [1.165, 1.54) is 0 Å². The van der Waals surface area contributed by atoms with Crippen LogP contribution in [0.4, 0.5) is 5.95 Å². The van der Waals surface area contributed by atoms with Gasteiger partial charge in [0.2, 0.25) is 11.9 Å². The lowest BCUT2D eigenvalue weighted by Crippen LogP contribution is -2.28. The second-order valence-corrected chi connectivity index (χ2v) is 5.08. The number of aromatic amines is 1. The van der Waals surface area contributed by atoms with Crippen molar-refractivity contribution < 1.29 is 4.79 Å². The second-order valence-electron chi connectivity index (χ2n) is 5.08. The Bertz CT molecular complexity index is 607. The zero-order chi connectivity index (χ0) is 13.3. The highest BCUT2D eigenvalue weighted by Crippen LogP contribution is 2.19. The average molecular weight is 244 g/mol. The van der Waals surface area contributed by atoms with Crippen LogP contribution in [0.1, 0.15) is 26.5 Å². The zero-order valence-corrected chi connectivity index (χ0v) is 10.7. The predicted octanol–water partition coefficient (Wildman–Crippen LogP) is 2.59. The summed E-state index contributed by atoms with van der Waals surface area (Å²) in [6.45, 7) is 9.22. The first kappa shape index (κ1) is 12.3. The molecular formula is C13H16N4O. The third kappa shape index (κ3) is 2.25. The number of rotatable bonds is 2. The van der Waals surface area contributed by atoms with E-state index in [2.05, 4.69) is 26.8 Å². The van der Waals surface area contributed by atoms with Gasteiger partial charge in [0.05, 0.1) is 5.69 Å². The van der Waals surface area contributed by atoms with E-state index >= 15 is 0 Å². The summed E-state index contributed by atoms with van der Waals surface area (Å²) in [4.78, 5) is 23.4. The van der Waals surface area contributed by atoms with Crippen molar-refractivity contribution in [2.45, 2.75) is 20.8 Å². The highest BCUT2D eigenvalue weighted by Gasteiger charge is 2.22. The molecule has 2 heterocycles. The Kier molecular flexibility index (Phi) is 2.90. The van der Waals surface area contributed by atoms with Gasteiger partial charge in [-0.05, 0) is 12.1 Å². The number of fused-ring (bicyclic) bond motifs is 1. The van der Waals surface area contributed by atoms with E-state index in [1.807, 2.05) is 26.8 Å². The summed E-state index contributed by atoms with van der Waals surface area (Å²) in [5, 5.41) is 3.60. The molecular weight excluding hydrogens is 228 g/mol. The number of nitrogens with zero attached hydrogens (tertiary/aromatic N) is 2. The molecule has 0 fully saturated rings. The number of amides is 1. The van der Waals surface area contributed by atoms with Gasteiger partial charge >= 0.3 is 0 Å². The van der Waals surface area contributed by atoms with Gasteiger partial charge in [0.25, 0.3) is 0 Å². The molecule has 0 unspecified atom stereocenters. The molecule has 0 aliphatic heterocycles. The van der Waals surface area contributed by atoms with Crippen molar-refractivity contribution in [3.05, 3.63) is 24.5 Å². The van der Waals surface area contributed by atoms with Gasteiger partial charge < -0.3 is 4.98 Å². The number of carbonyl (C=O) groups is 1. The topological polar surface area (TPSA) is 70.7 Å². The lowest BCUT2D eigenvalue weighted by Gasteiger charge is -2.16. The Morgan fingerprint density at radius 1 is 1.44 bits per heavy atom. The van der Waals surface area contributed by atoms with Crippen LogP contribution in [0.3, 0.4) is 0 Å². The summed E-state index contributed by atoms with van der Waals surface area (Å²) in [7, 11) is 0. The van der Waals surface area contributed by atoms with Crippen LogP contribution in [0, 0.1) is 5.41 Å². The van der Waals surface area contributed by atoms with E-state index in [0.29, 0.717) is 17.3 Å². The van der Waals surface area contributed by atoms with Gasteiger partial charge in [-0.15, -0.1) is 0 Å². The van der Waals surface area contributed by atoms with Crippen molar-refractivity contribution in [3.8, 4) is 0 Å². The molecule has 0 bridgehead atoms. The number of carbonyl (C=O) groups excluding carboxylic acids is 1. The molecule has 0 radical (unpaired) electrons. The van der Waals surface area contributed by atoms with Crippen LogP contribution in [-0.2, 0) is 4.79 Å². The predicted molar refractivity (Wildman–Crippen MR) is 72.1 cm³/mol. The maximum Gasteiger partial charge on any atom is 0.232 e. The Balaban J connectivity index is 2.40. The van der Waals surface area contributed by atoms with Crippen LogP contribution in [0.25, 0.3) is 17.1 Å². The lowest BCUT2D eigenvalue weighted by molar-refractivity contribution is -0.123. The van der Waals surface area contributed by atoms with Crippen molar-refractivity contribution in [3.63, 3.8) is 0 Å². The van der Waals surface area contributed by atoms with E-state index in [1.54, 1.807) is 12.3 Å². The number of aromatic nitrogens is 3. The van der Waals surface area contributed by atoms with Crippen molar-refractivity contribution in [1.29, 1.82) is 0 Å². The molecule has 0 atom stereocenters. The SMILES string of the molecule is C=Cc1nc(NC(=O)C(C)(C)C)nc2[nH]ccc12. The molecule has 0 aromatic carbocycles. The molecule has 0 saturated heterocycles. The van der Waals surface area contributed by atoms with E-state index in [0.717, 1.165) is 5.39 Å². The van der Waals surface area contributed by atoms with Crippen LogP contribution >= 0.6 is 0 Å². The fraction of sp³-hybridized carbons (Fsp3) is 0.308. The standard InChI is InChI=1S/C13H16N4O/c1-5-9-8-6-7-14-10(8)16-12(15-9)17-11(18)13(2,3)4/h5-7H,1H2,2-4H3,(H2,14,15,16,17,18). The molecule has 2 aromatic heterocycles. The Labute approximate surface area is 105 Å². The van der Waals surface area contributed by atoms with Gasteiger partial charge in [0, 0.05) is 17.0 Å². The summed E-state index contributed by atoms with van der Waals surface area (Å²) < 4.78 is 0. The maximum atomic E-state index is 11.9. The Hall–Kier alpha value is -2.17. The van der Waals surface area contributed by atoms with E-state index in [-0.39, 0.29) is 5.91 Å². The van der Waals surface area contributed by atoms with Gasteiger partial charge in [0.15, 0.2) is 0 Å². The molecule has 94 valence electrons. The first-order chi connectivity index (χ1) is 8.41. The molecule has 5 heteroatoms. The monoisotopic (exact) mass is 244 g/mol. The minimum Gasteiger partial charge on any atom is -0.346 e. The van der Waals surface area contributed by atoms with E-state index in [4.69, 9.17) is 0 Å². The van der Waals surface area contributed by atoms with Crippen molar-refractivity contribution in [2.24, 2.45) is 5.41 Å². The minimum atomic E-state index is -0.484. The summed E-state index contributed by atoms with van der Waals surface area (Å²) in [6, 6.07) is 1.88. The van der Waals surface area contributed by atoms with Crippen molar-refractivity contribution in [1.82, 2.24) is 15.0 Å². The number of H-pyrrole nitrogens is 1. The van der Waals surface area contributed by atoms with Gasteiger partial charge in [-0.3, -0.25) is 10.1 Å². The number of hydrogen-bond acceptors (Lipinski definition) is 3. The summed E-state index contributed by atoms with van der Waals surface area (Å²) in [5.41, 5.74) is 0.900. The van der Waals surface area contributed by atoms with E-state index in [9.17, 15) is 4.79 Å². The van der Waals surface area contributed by atoms with Crippen molar-refractivity contribution >= 4 is 29.0 Å². The highest BCUT2D eigenvalue weighted by atomic mass is 16.2. The van der Waals surface area contributed by atoms with Crippen LogP contribution < -0.4 is 5.32 Å². The molecule has 2 N–H and O–H groups in total. The Morgan fingerprint density at radius 3 is 2.78 bits per heavy atom. The lowest BCUT2D eigenvalue weighted by atomic mass is 9.96. The fourth-order valence-corrected chi connectivity index (χ4v) is 1.47. The van der Waals surface area contributed by atoms with Crippen molar-refractivity contribution in [2.75, 3.05) is 5.32 Å². The van der Waals surface area contributed by atoms with Crippen LogP contribution in [-0.4, -0.2) is 20.9 Å². The Morgan fingerprint density at radius 2 is 2.17 bits per heavy atom. The first-order valence-electron chi connectivity index (χ1n) is 5.71. The average Bonchev–Trinajstić information content (AvgIpc) is 2.74. The molecule has 2 rings (SSSR count). The number of nitrogens with one attached hydrogen (secondary N) is 2. The van der Waals surface area contributed by atoms with Crippen LogP contribution in [0.2, 0.25) is 0 Å². The van der Waals surface area contributed by atoms with Gasteiger partial charge in [-0.2, -0.15) is 4.98 Å². The third-order valence-corrected chi connectivity index (χ3v) is 2.55. The van der Waals surface area contributed by atoms with E-state index < -0.39 is 5.41 Å². The maximum absolute atomic E-state index is 11.9. The number of hydrogen-bond donors (Lipinski definition) is 2. The molecule has 1 amide bonds. The van der Waals surface area contributed by atoms with Gasteiger partial charge in [0.1, 0.15) is 5.65 Å².